The first-order valence-corrected chi connectivity index (χ1v) is 16.9. The van der Waals surface area contributed by atoms with E-state index in [0.717, 1.165) is 33.1 Å². The zero-order valence-corrected chi connectivity index (χ0v) is 26.7. The van der Waals surface area contributed by atoms with Crippen LogP contribution in [0.4, 0.5) is 0 Å². The molecule has 1 nitrogen and oxygen atoms in total. The van der Waals surface area contributed by atoms with Gasteiger partial charge in [-0.15, -0.1) is 0 Å². The Labute approximate surface area is 284 Å². The fourth-order valence-corrected chi connectivity index (χ4v) is 7.98. The minimum Gasteiger partial charge on any atom is -0.455 e. The lowest BCUT2D eigenvalue weighted by Gasteiger charge is -2.20. The van der Waals surface area contributed by atoms with Crippen LogP contribution in [0, 0.1) is 0 Å². The quantitative estimate of drug-likeness (QED) is 0.178. The van der Waals surface area contributed by atoms with Gasteiger partial charge in [0.2, 0.25) is 0 Å². The van der Waals surface area contributed by atoms with Crippen molar-refractivity contribution in [3.8, 4) is 44.5 Å². The smallest absolute Gasteiger partial charge is 0.143 e. The molecule has 0 N–H and O–H groups in total. The van der Waals surface area contributed by atoms with E-state index in [2.05, 4.69) is 182 Å². The summed E-state index contributed by atoms with van der Waals surface area (Å²) in [7, 11) is 0. The van der Waals surface area contributed by atoms with E-state index in [1.54, 1.807) is 0 Å². The van der Waals surface area contributed by atoms with E-state index in [4.69, 9.17) is 4.42 Å². The summed E-state index contributed by atoms with van der Waals surface area (Å²) in [5, 5.41) is 9.72. The van der Waals surface area contributed by atoms with Crippen molar-refractivity contribution in [2.75, 3.05) is 0 Å². The number of benzene rings is 9. The Morgan fingerprint density at radius 1 is 0.265 bits per heavy atom. The third kappa shape index (κ3) is 4.26. The van der Waals surface area contributed by atoms with Crippen molar-refractivity contribution >= 4 is 54.3 Å². The zero-order chi connectivity index (χ0) is 32.3. The molecule has 10 aromatic rings. The van der Waals surface area contributed by atoms with E-state index >= 15 is 0 Å². The van der Waals surface area contributed by atoms with Crippen LogP contribution in [0.3, 0.4) is 0 Å². The highest BCUT2D eigenvalue weighted by Crippen LogP contribution is 2.49. The molecule has 0 bridgehead atoms. The molecule has 0 amide bonds. The highest BCUT2D eigenvalue weighted by Gasteiger charge is 2.23. The topological polar surface area (TPSA) is 13.1 Å². The normalized spacial score (nSPS) is 11.7. The molecule has 1 aromatic heterocycles. The lowest BCUT2D eigenvalue weighted by atomic mass is 9.82. The maximum absolute atomic E-state index is 6.71. The zero-order valence-electron chi connectivity index (χ0n) is 26.7. The first kappa shape index (κ1) is 27.7. The number of para-hydroxylation sites is 1. The van der Waals surface area contributed by atoms with E-state index in [1.165, 1.54) is 65.7 Å². The van der Waals surface area contributed by atoms with E-state index in [9.17, 15) is 0 Å². The second-order valence-corrected chi connectivity index (χ2v) is 12.7. The van der Waals surface area contributed by atoms with E-state index in [0.29, 0.717) is 0 Å². The van der Waals surface area contributed by atoms with E-state index in [-0.39, 0.29) is 0 Å². The van der Waals surface area contributed by atoms with Gasteiger partial charge in [0.1, 0.15) is 11.2 Å². The van der Waals surface area contributed by atoms with Crippen LogP contribution in [0.2, 0.25) is 0 Å². The van der Waals surface area contributed by atoms with Crippen molar-refractivity contribution in [2.45, 2.75) is 0 Å². The Morgan fingerprint density at radius 2 is 0.653 bits per heavy atom. The molecule has 49 heavy (non-hydrogen) atoms. The van der Waals surface area contributed by atoms with Gasteiger partial charge in [-0.3, -0.25) is 0 Å². The maximum Gasteiger partial charge on any atom is 0.143 e. The first-order valence-electron chi connectivity index (χ1n) is 16.9. The standard InChI is InChI=1S/C48H30O/c1-3-15-31(16-4-1)33-27-29-41(36-20-8-7-19-35(33)36)45-37-21-9-11-23-39(37)46(40-24-12-10-22-38(40)45)43-30-28-34(32-17-5-2-6-18-32)48-47(43)42-25-13-14-26-44(42)49-48/h1-30H. The van der Waals surface area contributed by atoms with Crippen LogP contribution in [0.25, 0.3) is 98.8 Å². The van der Waals surface area contributed by atoms with Gasteiger partial charge < -0.3 is 4.42 Å². The van der Waals surface area contributed by atoms with Crippen LogP contribution < -0.4 is 0 Å². The molecule has 0 aliphatic rings. The van der Waals surface area contributed by atoms with Gasteiger partial charge in [0, 0.05) is 16.3 Å². The van der Waals surface area contributed by atoms with Gasteiger partial charge in [-0.1, -0.05) is 170 Å². The summed E-state index contributed by atoms with van der Waals surface area (Å²) < 4.78 is 6.71. The molecule has 228 valence electrons. The first-order chi connectivity index (χ1) is 24.3. The molecule has 0 unspecified atom stereocenters. The number of fused-ring (bicyclic) bond motifs is 6. The van der Waals surface area contributed by atoms with Crippen molar-refractivity contribution in [3.63, 3.8) is 0 Å². The molecule has 0 aliphatic heterocycles. The SMILES string of the molecule is c1ccc(-c2ccc(-c3c4ccccc4c(-c4ccc(-c5ccccc5)c5oc6ccccc6c45)c4ccccc34)c3ccccc23)cc1. The summed E-state index contributed by atoms with van der Waals surface area (Å²) in [6.07, 6.45) is 0. The van der Waals surface area contributed by atoms with Crippen molar-refractivity contribution in [2.24, 2.45) is 0 Å². The summed E-state index contributed by atoms with van der Waals surface area (Å²) >= 11 is 0. The molecular weight excluding hydrogens is 593 g/mol. The minimum atomic E-state index is 0.900. The van der Waals surface area contributed by atoms with Crippen molar-refractivity contribution < 1.29 is 4.42 Å². The third-order valence-corrected chi connectivity index (χ3v) is 10.1. The number of hydrogen-bond acceptors (Lipinski definition) is 1. The Kier molecular flexibility index (Phi) is 6.25. The van der Waals surface area contributed by atoms with Crippen molar-refractivity contribution in [1.29, 1.82) is 0 Å². The number of furan rings is 1. The second kappa shape index (κ2) is 11.1. The lowest BCUT2D eigenvalue weighted by molar-refractivity contribution is 0.670. The predicted molar refractivity (Wildman–Crippen MR) is 208 cm³/mol. The maximum atomic E-state index is 6.71. The molecular formula is C48H30O. The Bertz CT molecular complexity index is 2800. The van der Waals surface area contributed by atoms with Gasteiger partial charge in [-0.2, -0.15) is 0 Å². The molecule has 0 saturated heterocycles. The van der Waals surface area contributed by atoms with Crippen LogP contribution in [-0.4, -0.2) is 0 Å². The predicted octanol–water partition coefficient (Wildman–Crippen LogP) is 13.7. The van der Waals surface area contributed by atoms with Crippen molar-refractivity contribution in [3.05, 3.63) is 182 Å². The van der Waals surface area contributed by atoms with Crippen LogP contribution in [-0.2, 0) is 0 Å². The Morgan fingerprint density at radius 3 is 1.24 bits per heavy atom. The third-order valence-electron chi connectivity index (χ3n) is 10.1. The summed E-state index contributed by atoms with van der Waals surface area (Å²) in [6, 6.07) is 65.6. The van der Waals surface area contributed by atoms with Crippen LogP contribution in [0.15, 0.2) is 186 Å². The molecule has 10 rings (SSSR count). The van der Waals surface area contributed by atoms with Crippen LogP contribution in [0.5, 0.6) is 0 Å². The van der Waals surface area contributed by atoms with Gasteiger partial charge in [0.05, 0.1) is 0 Å². The average Bonchev–Trinajstić information content (AvgIpc) is 3.57. The average molecular weight is 623 g/mol. The van der Waals surface area contributed by atoms with Crippen LogP contribution in [0.1, 0.15) is 0 Å². The molecule has 0 fully saturated rings. The van der Waals surface area contributed by atoms with Crippen molar-refractivity contribution in [1.82, 2.24) is 0 Å². The highest BCUT2D eigenvalue weighted by molar-refractivity contribution is 6.28. The van der Waals surface area contributed by atoms with Crippen LogP contribution >= 0.6 is 0 Å². The van der Waals surface area contributed by atoms with E-state index in [1.807, 2.05) is 0 Å². The van der Waals surface area contributed by atoms with Gasteiger partial charge >= 0.3 is 0 Å². The molecule has 1 heteroatoms. The molecule has 0 spiro atoms. The molecule has 1 heterocycles. The number of rotatable bonds is 4. The van der Waals surface area contributed by atoms with Gasteiger partial charge in [0.25, 0.3) is 0 Å². The lowest BCUT2D eigenvalue weighted by Crippen LogP contribution is -1.93. The summed E-state index contributed by atoms with van der Waals surface area (Å²) in [4.78, 5) is 0. The fourth-order valence-electron chi connectivity index (χ4n) is 7.98. The van der Waals surface area contributed by atoms with Gasteiger partial charge in [-0.05, 0) is 83.4 Å². The number of hydrogen-bond donors (Lipinski definition) is 0. The molecule has 0 aliphatic carbocycles. The minimum absolute atomic E-state index is 0.900. The molecule has 0 radical (unpaired) electrons. The Hall–Kier alpha value is -6.44. The Balaban J connectivity index is 1.32. The second-order valence-electron chi connectivity index (χ2n) is 12.7. The highest BCUT2D eigenvalue weighted by atomic mass is 16.3. The van der Waals surface area contributed by atoms with Gasteiger partial charge in [0.15, 0.2) is 0 Å². The molecule has 0 atom stereocenters. The molecule has 9 aromatic carbocycles. The summed E-state index contributed by atoms with van der Waals surface area (Å²) in [6.45, 7) is 0. The van der Waals surface area contributed by atoms with E-state index < -0.39 is 0 Å². The molecule has 0 saturated carbocycles. The summed E-state index contributed by atoms with van der Waals surface area (Å²) in [5.41, 5.74) is 11.5. The summed E-state index contributed by atoms with van der Waals surface area (Å²) in [5.74, 6) is 0. The monoisotopic (exact) mass is 622 g/mol. The largest absolute Gasteiger partial charge is 0.455 e. The van der Waals surface area contributed by atoms with Gasteiger partial charge in [-0.25, -0.2) is 0 Å². The fraction of sp³-hybridized carbons (Fsp3) is 0.